The molecule has 3 nitrogen and oxygen atoms in total. The van der Waals surface area contributed by atoms with Crippen LogP contribution in [0.15, 0.2) is 41.2 Å². The highest BCUT2D eigenvalue weighted by molar-refractivity contribution is 5.56. The van der Waals surface area contributed by atoms with Crippen molar-refractivity contribution in [1.82, 2.24) is 10.3 Å². The van der Waals surface area contributed by atoms with Crippen LogP contribution in [-0.4, -0.2) is 10.3 Å². The van der Waals surface area contributed by atoms with Gasteiger partial charge in [-0.3, -0.25) is 0 Å². The third kappa shape index (κ3) is 2.40. The molecule has 0 fully saturated rings. The summed E-state index contributed by atoms with van der Waals surface area (Å²) in [4.78, 5) is 0. The maximum atomic E-state index is 4.47. The minimum Gasteiger partial charge on any atom is -0.244 e. The summed E-state index contributed by atoms with van der Waals surface area (Å²) in [5, 5.41) is 7.21. The molecule has 13 heavy (non-hydrogen) atoms. The molecule has 2 rings (SSSR count). The second kappa shape index (κ2) is 5.09. The third-order valence-electron chi connectivity index (χ3n) is 1.43. The van der Waals surface area contributed by atoms with Crippen LogP contribution in [0.2, 0.25) is 0 Å². The zero-order chi connectivity index (χ0) is 9.52. The molecule has 0 bridgehead atoms. The summed E-state index contributed by atoms with van der Waals surface area (Å²) < 4.78 is 4.47. The van der Waals surface area contributed by atoms with Crippen molar-refractivity contribution in [2.45, 2.75) is 13.8 Å². The van der Waals surface area contributed by atoms with E-state index in [1.807, 2.05) is 44.2 Å². The summed E-state index contributed by atoms with van der Waals surface area (Å²) in [6.45, 7) is 4.00. The van der Waals surface area contributed by atoms with E-state index in [1.54, 1.807) is 6.20 Å². The molecule has 0 aliphatic heterocycles. The summed E-state index contributed by atoms with van der Waals surface area (Å²) in [5.74, 6) is 0. The van der Waals surface area contributed by atoms with Gasteiger partial charge in [0.2, 0.25) is 0 Å². The standard InChI is InChI=1S/C8H6N2O.C2H6/c1-2-4-7(5-3-1)8-6-9-11-10-8;1-2/h1-6H;1-2H3. The van der Waals surface area contributed by atoms with Gasteiger partial charge in [0.1, 0.15) is 5.69 Å². The second-order valence-corrected chi connectivity index (χ2v) is 2.16. The van der Waals surface area contributed by atoms with Crippen molar-refractivity contribution < 1.29 is 4.63 Å². The Balaban J connectivity index is 0.000000396. The highest BCUT2D eigenvalue weighted by Crippen LogP contribution is 2.13. The Labute approximate surface area is 77.4 Å². The van der Waals surface area contributed by atoms with E-state index < -0.39 is 0 Å². The normalized spacial score (nSPS) is 8.77. The summed E-state index contributed by atoms with van der Waals surface area (Å²) in [6.07, 6.45) is 1.59. The molecule has 0 aliphatic carbocycles. The van der Waals surface area contributed by atoms with Crippen LogP contribution in [0.4, 0.5) is 0 Å². The fraction of sp³-hybridized carbons (Fsp3) is 0.200. The first-order valence-corrected chi connectivity index (χ1v) is 4.30. The van der Waals surface area contributed by atoms with E-state index in [1.165, 1.54) is 0 Å². The van der Waals surface area contributed by atoms with Crippen LogP contribution in [-0.2, 0) is 0 Å². The summed E-state index contributed by atoms with van der Waals surface area (Å²) in [7, 11) is 0. The monoisotopic (exact) mass is 176 g/mol. The van der Waals surface area contributed by atoms with Crippen molar-refractivity contribution >= 4 is 0 Å². The molecule has 2 aromatic rings. The molecule has 0 spiro atoms. The molecule has 0 amide bonds. The van der Waals surface area contributed by atoms with Crippen molar-refractivity contribution in [1.29, 1.82) is 0 Å². The zero-order valence-corrected chi connectivity index (χ0v) is 7.77. The van der Waals surface area contributed by atoms with Crippen molar-refractivity contribution in [2.75, 3.05) is 0 Å². The van der Waals surface area contributed by atoms with E-state index in [0.717, 1.165) is 11.3 Å². The van der Waals surface area contributed by atoms with Gasteiger partial charge in [0.05, 0.1) is 6.20 Å². The van der Waals surface area contributed by atoms with Crippen LogP contribution in [0, 0.1) is 0 Å². The minimum atomic E-state index is 0.769. The van der Waals surface area contributed by atoms with E-state index in [2.05, 4.69) is 14.9 Å². The smallest absolute Gasteiger partial charge is 0.135 e. The first kappa shape index (κ1) is 9.45. The van der Waals surface area contributed by atoms with Gasteiger partial charge in [0, 0.05) is 5.56 Å². The quantitative estimate of drug-likeness (QED) is 0.670. The average molecular weight is 176 g/mol. The van der Waals surface area contributed by atoms with Crippen LogP contribution in [0.3, 0.4) is 0 Å². The van der Waals surface area contributed by atoms with Gasteiger partial charge in [-0.1, -0.05) is 49.3 Å². The number of benzene rings is 1. The molecule has 0 saturated carbocycles. The van der Waals surface area contributed by atoms with Crippen molar-refractivity contribution in [2.24, 2.45) is 0 Å². The van der Waals surface area contributed by atoms with Gasteiger partial charge in [0.25, 0.3) is 0 Å². The third-order valence-corrected chi connectivity index (χ3v) is 1.43. The maximum absolute atomic E-state index is 4.47. The Kier molecular flexibility index (Phi) is 3.70. The van der Waals surface area contributed by atoms with Gasteiger partial charge in [-0.25, -0.2) is 4.63 Å². The highest BCUT2D eigenvalue weighted by Gasteiger charge is 1.98. The van der Waals surface area contributed by atoms with Gasteiger partial charge in [0.15, 0.2) is 0 Å². The van der Waals surface area contributed by atoms with E-state index in [9.17, 15) is 0 Å². The molecule has 0 atom stereocenters. The molecule has 0 radical (unpaired) electrons. The van der Waals surface area contributed by atoms with Crippen LogP contribution >= 0.6 is 0 Å². The molecule has 0 saturated heterocycles. The minimum absolute atomic E-state index is 0.769. The fourth-order valence-corrected chi connectivity index (χ4v) is 0.901. The number of hydrogen-bond donors (Lipinski definition) is 0. The van der Waals surface area contributed by atoms with Gasteiger partial charge < -0.3 is 0 Å². The second-order valence-electron chi connectivity index (χ2n) is 2.16. The molecule has 3 heteroatoms. The molecule has 0 unspecified atom stereocenters. The summed E-state index contributed by atoms with van der Waals surface area (Å²) >= 11 is 0. The Morgan fingerprint density at radius 1 is 1.08 bits per heavy atom. The van der Waals surface area contributed by atoms with Crippen LogP contribution in [0.25, 0.3) is 11.3 Å². The van der Waals surface area contributed by atoms with Gasteiger partial charge in [-0.2, -0.15) is 0 Å². The Hall–Kier alpha value is -1.64. The van der Waals surface area contributed by atoms with Crippen LogP contribution < -0.4 is 0 Å². The van der Waals surface area contributed by atoms with E-state index in [-0.39, 0.29) is 0 Å². The van der Waals surface area contributed by atoms with Crippen LogP contribution in [0.1, 0.15) is 13.8 Å². The fourth-order valence-electron chi connectivity index (χ4n) is 0.901. The number of hydrogen-bond acceptors (Lipinski definition) is 3. The average Bonchev–Trinajstić information content (AvgIpc) is 2.75. The molecular weight excluding hydrogens is 164 g/mol. The van der Waals surface area contributed by atoms with Gasteiger partial charge in [-0.15, -0.1) is 0 Å². The summed E-state index contributed by atoms with van der Waals surface area (Å²) in [6, 6.07) is 9.77. The Morgan fingerprint density at radius 2 is 1.77 bits per heavy atom. The lowest BCUT2D eigenvalue weighted by Gasteiger charge is -1.89. The molecule has 1 aromatic heterocycles. The van der Waals surface area contributed by atoms with Crippen molar-refractivity contribution in [3.63, 3.8) is 0 Å². The zero-order valence-electron chi connectivity index (χ0n) is 7.77. The van der Waals surface area contributed by atoms with E-state index >= 15 is 0 Å². The van der Waals surface area contributed by atoms with Gasteiger partial charge in [-0.05, 0) is 5.16 Å². The lowest BCUT2D eigenvalue weighted by molar-refractivity contribution is 0.308. The molecule has 0 aliphatic rings. The van der Waals surface area contributed by atoms with Crippen molar-refractivity contribution in [3.05, 3.63) is 36.5 Å². The van der Waals surface area contributed by atoms with Gasteiger partial charge >= 0.3 is 0 Å². The SMILES string of the molecule is CC.c1ccc(-c2cnon2)cc1. The topological polar surface area (TPSA) is 38.9 Å². The van der Waals surface area contributed by atoms with Crippen LogP contribution in [0.5, 0.6) is 0 Å². The highest BCUT2D eigenvalue weighted by atomic mass is 16.6. The largest absolute Gasteiger partial charge is 0.244 e. The van der Waals surface area contributed by atoms with Crippen molar-refractivity contribution in [3.8, 4) is 11.3 Å². The number of aromatic nitrogens is 2. The number of nitrogens with zero attached hydrogens (tertiary/aromatic N) is 2. The maximum Gasteiger partial charge on any atom is 0.135 e. The molecule has 1 heterocycles. The summed E-state index contributed by atoms with van der Waals surface area (Å²) in [5.41, 5.74) is 1.79. The lowest BCUT2D eigenvalue weighted by atomic mass is 10.2. The van der Waals surface area contributed by atoms with E-state index in [4.69, 9.17) is 0 Å². The first-order valence-electron chi connectivity index (χ1n) is 4.30. The lowest BCUT2D eigenvalue weighted by Crippen LogP contribution is -1.73. The van der Waals surface area contributed by atoms with E-state index in [0.29, 0.717) is 0 Å². The predicted molar refractivity (Wildman–Crippen MR) is 51.1 cm³/mol. The molecule has 68 valence electrons. The molecule has 1 aromatic carbocycles. The Morgan fingerprint density at radius 3 is 2.31 bits per heavy atom. The Bertz CT molecular complexity index is 316. The predicted octanol–water partition coefficient (Wildman–Crippen LogP) is 2.76. The first-order chi connectivity index (χ1) is 6.47. The molecular formula is C10H12N2O. The molecule has 0 N–H and O–H groups in total. The number of rotatable bonds is 1.